The smallest absolute Gasteiger partial charge is 0.129 e. The highest BCUT2D eigenvalue weighted by Crippen LogP contribution is 2.16. The summed E-state index contributed by atoms with van der Waals surface area (Å²) in [6.45, 7) is 4.13. The fourth-order valence-electron chi connectivity index (χ4n) is 1.88. The fourth-order valence-corrected chi connectivity index (χ4v) is 1.88. The number of pyridine rings is 1. The number of hydrogen-bond acceptors (Lipinski definition) is 3. The molecule has 0 aliphatic rings. The second kappa shape index (κ2) is 5.04. The first-order chi connectivity index (χ1) is 8.56. The number of rotatable bonds is 3. The third-order valence-electron chi connectivity index (χ3n) is 2.74. The predicted molar refractivity (Wildman–Crippen MR) is 71.9 cm³/mol. The molecule has 1 aromatic heterocycles. The lowest BCUT2D eigenvalue weighted by atomic mass is 10.1. The Balaban J connectivity index is 2.11. The Morgan fingerprint density at radius 3 is 2.50 bits per heavy atom. The molecule has 0 unspecified atom stereocenters. The summed E-state index contributed by atoms with van der Waals surface area (Å²) in [5, 5.41) is 3.16. The normalized spacial score (nSPS) is 10.4. The number of nitrogens with two attached hydrogens (primary N) is 1. The molecule has 3 N–H and O–H groups in total. The number of nitrogen functional groups attached to an aromatic ring is 1. The van der Waals surface area contributed by atoms with E-state index < -0.39 is 0 Å². The molecule has 3 nitrogen and oxygen atoms in total. The van der Waals surface area contributed by atoms with Crippen molar-refractivity contribution in [3.05, 3.63) is 52.8 Å². The molecule has 2 rings (SSSR count). The zero-order chi connectivity index (χ0) is 13.1. The van der Waals surface area contributed by atoms with Crippen LogP contribution < -0.4 is 11.1 Å². The number of aromatic nitrogens is 1. The molecule has 4 heteroatoms. The van der Waals surface area contributed by atoms with Crippen LogP contribution in [0.4, 0.5) is 16.0 Å². The Labute approximate surface area is 106 Å². The molecular weight excluding hydrogens is 229 g/mol. The Morgan fingerprint density at radius 2 is 1.89 bits per heavy atom. The topological polar surface area (TPSA) is 50.9 Å². The van der Waals surface area contributed by atoms with Gasteiger partial charge in [0.15, 0.2) is 0 Å². The summed E-state index contributed by atoms with van der Waals surface area (Å²) in [6.07, 6.45) is 0. The van der Waals surface area contributed by atoms with Gasteiger partial charge in [-0.15, -0.1) is 0 Å². The van der Waals surface area contributed by atoms with E-state index in [2.05, 4.69) is 10.3 Å². The van der Waals surface area contributed by atoms with Gasteiger partial charge in [-0.25, -0.2) is 9.37 Å². The molecule has 1 heterocycles. The van der Waals surface area contributed by atoms with Crippen LogP contribution in [0.25, 0.3) is 0 Å². The maximum absolute atomic E-state index is 13.5. The standard InChI is InChI=1S/C14H16FN3/c1-9-6-11(7-10(2)14(9)15)8-17-13-5-3-4-12(16)18-13/h3-7H,8H2,1-2H3,(H3,16,17,18). The van der Waals surface area contributed by atoms with Gasteiger partial charge in [-0.2, -0.15) is 0 Å². The number of hydrogen-bond donors (Lipinski definition) is 2. The molecule has 18 heavy (non-hydrogen) atoms. The van der Waals surface area contributed by atoms with Gasteiger partial charge in [0, 0.05) is 6.54 Å². The molecule has 0 spiro atoms. The van der Waals surface area contributed by atoms with Crippen molar-refractivity contribution in [3.8, 4) is 0 Å². The number of nitrogens with one attached hydrogen (secondary N) is 1. The summed E-state index contributed by atoms with van der Waals surface area (Å²) >= 11 is 0. The van der Waals surface area contributed by atoms with Crippen LogP contribution in [0.3, 0.4) is 0 Å². The number of benzene rings is 1. The van der Waals surface area contributed by atoms with Crippen LogP contribution in [0.2, 0.25) is 0 Å². The summed E-state index contributed by atoms with van der Waals surface area (Å²) in [4.78, 5) is 4.14. The van der Waals surface area contributed by atoms with Crippen LogP contribution in [-0.4, -0.2) is 4.98 Å². The van der Waals surface area contributed by atoms with E-state index in [1.165, 1.54) is 0 Å². The molecule has 94 valence electrons. The van der Waals surface area contributed by atoms with Crippen molar-refractivity contribution in [1.29, 1.82) is 0 Å². The Kier molecular flexibility index (Phi) is 3.46. The van der Waals surface area contributed by atoms with E-state index in [4.69, 9.17) is 5.73 Å². The Bertz CT molecular complexity index is 544. The summed E-state index contributed by atoms with van der Waals surface area (Å²) in [7, 11) is 0. The average molecular weight is 245 g/mol. The second-order valence-corrected chi connectivity index (χ2v) is 4.34. The lowest BCUT2D eigenvalue weighted by Gasteiger charge is -2.09. The zero-order valence-corrected chi connectivity index (χ0v) is 10.5. The third kappa shape index (κ3) is 2.77. The monoisotopic (exact) mass is 245 g/mol. The van der Waals surface area contributed by atoms with Crippen molar-refractivity contribution in [1.82, 2.24) is 4.98 Å². The summed E-state index contributed by atoms with van der Waals surface area (Å²) < 4.78 is 13.5. The van der Waals surface area contributed by atoms with Crippen LogP contribution in [0, 0.1) is 19.7 Å². The average Bonchev–Trinajstić information content (AvgIpc) is 2.33. The molecule has 0 saturated heterocycles. The Hall–Kier alpha value is -2.10. The molecule has 0 aliphatic carbocycles. The van der Waals surface area contributed by atoms with Crippen LogP contribution in [0.5, 0.6) is 0 Å². The molecule has 0 amide bonds. The van der Waals surface area contributed by atoms with Crippen molar-refractivity contribution in [2.24, 2.45) is 0 Å². The lowest BCUT2D eigenvalue weighted by Crippen LogP contribution is -2.04. The SMILES string of the molecule is Cc1cc(CNc2cccc(N)n2)cc(C)c1F. The van der Waals surface area contributed by atoms with Gasteiger partial charge in [0.25, 0.3) is 0 Å². The largest absolute Gasteiger partial charge is 0.384 e. The maximum Gasteiger partial charge on any atom is 0.129 e. The Morgan fingerprint density at radius 1 is 1.22 bits per heavy atom. The van der Waals surface area contributed by atoms with Gasteiger partial charge >= 0.3 is 0 Å². The van der Waals surface area contributed by atoms with E-state index in [1.54, 1.807) is 19.9 Å². The van der Waals surface area contributed by atoms with E-state index in [-0.39, 0.29) is 5.82 Å². The van der Waals surface area contributed by atoms with E-state index >= 15 is 0 Å². The highest BCUT2D eigenvalue weighted by atomic mass is 19.1. The minimum Gasteiger partial charge on any atom is -0.384 e. The lowest BCUT2D eigenvalue weighted by molar-refractivity contribution is 0.608. The molecular formula is C14H16FN3. The van der Waals surface area contributed by atoms with Crippen LogP contribution in [0.1, 0.15) is 16.7 Å². The van der Waals surface area contributed by atoms with E-state index in [1.807, 2.05) is 24.3 Å². The molecule has 0 saturated carbocycles. The summed E-state index contributed by atoms with van der Waals surface area (Å²) in [5.74, 6) is 1.06. The summed E-state index contributed by atoms with van der Waals surface area (Å²) in [6, 6.07) is 9.09. The number of aryl methyl sites for hydroxylation is 2. The van der Waals surface area contributed by atoms with Gasteiger partial charge < -0.3 is 11.1 Å². The van der Waals surface area contributed by atoms with Gasteiger partial charge in [-0.1, -0.05) is 18.2 Å². The molecule has 2 aromatic rings. The van der Waals surface area contributed by atoms with Gasteiger partial charge in [0.2, 0.25) is 0 Å². The van der Waals surface area contributed by atoms with Gasteiger partial charge in [0.05, 0.1) is 0 Å². The zero-order valence-electron chi connectivity index (χ0n) is 10.5. The molecule has 0 aliphatic heterocycles. The number of halogens is 1. The van der Waals surface area contributed by atoms with Crippen molar-refractivity contribution >= 4 is 11.6 Å². The van der Waals surface area contributed by atoms with Crippen LogP contribution >= 0.6 is 0 Å². The number of nitrogens with zero attached hydrogens (tertiary/aromatic N) is 1. The van der Waals surface area contributed by atoms with E-state index in [9.17, 15) is 4.39 Å². The van der Waals surface area contributed by atoms with Crippen molar-refractivity contribution in [2.75, 3.05) is 11.1 Å². The second-order valence-electron chi connectivity index (χ2n) is 4.34. The van der Waals surface area contributed by atoms with Crippen molar-refractivity contribution < 1.29 is 4.39 Å². The molecule has 0 radical (unpaired) electrons. The van der Waals surface area contributed by atoms with Crippen LogP contribution in [-0.2, 0) is 6.54 Å². The first-order valence-electron chi connectivity index (χ1n) is 5.78. The van der Waals surface area contributed by atoms with Crippen LogP contribution in [0.15, 0.2) is 30.3 Å². The van der Waals surface area contributed by atoms with Gasteiger partial charge in [-0.3, -0.25) is 0 Å². The highest BCUT2D eigenvalue weighted by molar-refractivity contribution is 5.43. The van der Waals surface area contributed by atoms with E-state index in [0.717, 1.165) is 11.4 Å². The van der Waals surface area contributed by atoms with Crippen molar-refractivity contribution in [3.63, 3.8) is 0 Å². The quantitative estimate of drug-likeness (QED) is 0.873. The van der Waals surface area contributed by atoms with Gasteiger partial charge in [0.1, 0.15) is 17.5 Å². The fraction of sp³-hybridized carbons (Fsp3) is 0.214. The minimum absolute atomic E-state index is 0.138. The third-order valence-corrected chi connectivity index (χ3v) is 2.74. The van der Waals surface area contributed by atoms with Crippen molar-refractivity contribution in [2.45, 2.75) is 20.4 Å². The number of anilines is 2. The van der Waals surface area contributed by atoms with E-state index in [0.29, 0.717) is 23.5 Å². The molecule has 0 fully saturated rings. The maximum atomic E-state index is 13.5. The molecule has 0 bridgehead atoms. The summed E-state index contributed by atoms with van der Waals surface area (Å²) in [5.41, 5.74) is 7.94. The highest BCUT2D eigenvalue weighted by Gasteiger charge is 2.04. The van der Waals surface area contributed by atoms with Gasteiger partial charge in [-0.05, 0) is 42.7 Å². The first-order valence-corrected chi connectivity index (χ1v) is 5.78. The predicted octanol–water partition coefficient (Wildman–Crippen LogP) is 3.03. The first kappa shape index (κ1) is 12.4. The molecule has 0 atom stereocenters. The minimum atomic E-state index is -0.138. The molecule has 1 aromatic carbocycles.